The van der Waals surface area contributed by atoms with Gasteiger partial charge in [0.05, 0.1) is 18.8 Å². The van der Waals surface area contributed by atoms with Gasteiger partial charge in [0.15, 0.2) is 5.79 Å². The molecule has 3 saturated heterocycles. The zero-order valence-electron chi connectivity index (χ0n) is 25.0. The molecule has 5 rings (SSSR count). The molecular weight excluding hydrogens is 508 g/mol. The molecule has 2 bridgehead atoms. The van der Waals surface area contributed by atoms with E-state index in [0.29, 0.717) is 35.8 Å². The Bertz CT molecular complexity index is 1090. The van der Waals surface area contributed by atoms with Crippen LogP contribution < -0.4 is 0 Å². The van der Waals surface area contributed by atoms with E-state index in [4.69, 9.17) is 18.9 Å². The van der Waals surface area contributed by atoms with Gasteiger partial charge in [-0.15, -0.1) is 0 Å². The molecule has 0 radical (unpaired) electrons. The number of allylic oxidation sites excluding steroid dienone is 4. The maximum atomic E-state index is 13.9. The lowest BCUT2D eigenvalue weighted by atomic mass is 9.71. The van der Waals surface area contributed by atoms with Crippen molar-refractivity contribution in [1.82, 2.24) is 0 Å². The lowest BCUT2D eigenvalue weighted by Crippen LogP contribution is -2.58. The number of rotatable bonds is 1. The number of aliphatic hydroxyl groups is 2. The Morgan fingerprint density at radius 1 is 1.12 bits per heavy atom. The van der Waals surface area contributed by atoms with Crippen LogP contribution >= 0.6 is 0 Å². The minimum absolute atomic E-state index is 0.0712. The summed E-state index contributed by atoms with van der Waals surface area (Å²) in [6, 6.07) is 0. The molecule has 1 spiro atoms. The van der Waals surface area contributed by atoms with Crippen molar-refractivity contribution in [2.75, 3.05) is 6.61 Å². The molecule has 5 aliphatic rings. The summed E-state index contributed by atoms with van der Waals surface area (Å²) in [6.45, 7) is 12.8. The summed E-state index contributed by atoms with van der Waals surface area (Å²) < 4.78 is 25.6. The molecule has 10 atom stereocenters. The number of aliphatic hydroxyl groups excluding tert-OH is 1. The maximum Gasteiger partial charge on any atom is 0.316 e. The molecule has 0 aromatic rings. The van der Waals surface area contributed by atoms with Crippen LogP contribution in [-0.2, 0) is 23.7 Å². The van der Waals surface area contributed by atoms with Gasteiger partial charge in [-0.05, 0) is 62.0 Å². The summed E-state index contributed by atoms with van der Waals surface area (Å²) in [5, 5.41) is 22.9. The Morgan fingerprint density at radius 3 is 2.65 bits per heavy atom. The molecule has 0 amide bonds. The van der Waals surface area contributed by atoms with E-state index in [1.165, 1.54) is 5.57 Å². The fourth-order valence-electron chi connectivity index (χ4n) is 7.48. The van der Waals surface area contributed by atoms with Gasteiger partial charge in [0.1, 0.15) is 29.8 Å². The highest BCUT2D eigenvalue weighted by molar-refractivity contribution is 5.78. The summed E-state index contributed by atoms with van der Waals surface area (Å²) >= 11 is 0. The van der Waals surface area contributed by atoms with Crippen molar-refractivity contribution in [3.8, 4) is 0 Å². The van der Waals surface area contributed by atoms with Crippen molar-refractivity contribution in [3.05, 3.63) is 47.1 Å². The minimum Gasteiger partial charge on any atom is -0.462 e. The monoisotopic (exact) mass is 556 g/mol. The van der Waals surface area contributed by atoms with Crippen molar-refractivity contribution < 1.29 is 34.0 Å². The van der Waals surface area contributed by atoms with Crippen LogP contribution in [0, 0.1) is 23.7 Å². The van der Waals surface area contributed by atoms with E-state index in [9.17, 15) is 15.0 Å². The Morgan fingerprint density at radius 2 is 1.90 bits per heavy atom. The highest BCUT2D eigenvalue weighted by Gasteiger charge is 2.60. The van der Waals surface area contributed by atoms with Crippen LogP contribution in [0.2, 0.25) is 0 Å². The van der Waals surface area contributed by atoms with E-state index in [-0.39, 0.29) is 24.7 Å². The first-order chi connectivity index (χ1) is 18.9. The molecule has 0 aromatic heterocycles. The van der Waals surface area contributed by atoms with E-state index >= 15 is 0 Å². The molecule has 0 saturated carbocycles. The molecule has 222 valence electrons. The molecule has 4 heterocycles. The first-order valence-corrected chi connectivity index (χ1v) is 15.2. The van der Waals surface area contributed by atoms with Gasteiger partial charge in [0, 0.05) is 19.3 Å². The van der Waals surface area contributed by atoms with E-state index in [0.717, 1.165) is 25.7 Å². The van der Waals surface area contributed by atoms with Crippen molar-refractivity contribution in [2.45, 2.75) is 122 Å². The Kier molecular flexibility index (Phi) is 8.53. The van der Waals surface area contributed by atoms with Crippen molar-refractivity contribution >= 4 is 5.97 Å². The van der Waals surface area contributed by atoms with Gasteiger partial charge in [-0.1, -0.05) is 63.6 Å². The number of hydrogen-bond acceptors (Lipinski definition) is 7. The Labute approximate surface area is 239 Å². The van der Waals surface area contributed by atoms with Gasteiger partial charge in [-0.2, -0.15) is 0 Å². The fourth-order valence-corrected chi connectivity index (χ4v) is 7.48. The molecule has 1 aliphatic carbocycles. The van der Waals surface area contributed by atoms with Crippen LogP contribution in [0.5, 0.6) is 0 Å². The molecular formula is C33H48O7. The first-order valence-electron chi connectivity index (χ1n) is 15.2. The number of carbonyl (C=O) groups is 1. The molecule has 7 heteroatoms. The lowest BCUT2D eigenvalue weighted by molar-refractivity contribution is -0.340. The van der Waals surface area contributed by atoms with Crippen LogP contribution in [0.25, 0.3) is 0 Å². The highest BCUT2D eigenvalue weighted by Crippen LogP contribution is 2.47. The van der Waals surface area contributed by atoms with E-state index in [1.807, 2.05) is 12.2 Å². The number of fused-ring (bicyclic) bond motifs is 2. The predicted molar refractivity (Wildman–Crippen MR) is 152 cm³/mol. The second kappa shape index (κ2) is 11.5. The van der Waals surface area contributed by atoms with Crippen molar-refractivity contribution in [2.24, 2.45) is 23.7 Å². The Balaban J connectivity index is 1.51. The highest BCUT2D eigenvalue weighted by atomic mass is 16.7. The third kappa shape index (κ3) is 5.65. The molecule has 4 aliphatic heterocycles. The second-order valence-corrected chi connectivity index (χ2v) is 13.4. The van der Waals surface area contributed by atoms with Gasteiger partial charge >= 0.3 is 5.97 Å². The third-order valence-electron chi connectivity index (χ3n) is 9.67. The smallest absolute Gasteiger partial charge is 0.316 e. The molecule has 40 heavy (non-hydrogen) atoms. The number of esters is 1. The third-order valence-corrected chi connectivity index (χ3v) is 9.67. The number of hydrogen-bond donors (Lipinski definition) is 2. The van der Waals surface area contributed by atoms with E-state index in [2.05, 4.69) is 46.8 Å². The van der Waals surface area contributed by atoms with Crippen LogP contribution in [0.4, 0.5) is 0 Å². The topological polar surface area (TPSA) is 94.5 Å². The van der Waals surface area contributed by atoms with Gasteiger partial charge < -0.3 is 29.2 Å². The molecule has 3 fully saturated rings. The van der Waals surface area contributed by atoms with Crippen LogP contribution in [0.3, 0.4) is 0 Å². The predicted octanol–water partition coefficient (Wildman–Crippen LogP) is 5.17. The zero-order chi connectivity index (χ0) is 28.8. The number of ether oxygens (including phenoxy) is 4. The zero-order valence-corrected chi connectivity index (χ0v) is 25.0. The average Bonchev–Trinajstić information content (AvgIpc) is 3.23. The second-order valence-electron chi connectivity index (χ2n) is 13.4. The summed E-state index contributed by atoms with van der Waals surface area (Å²) in [6.07, 6.45) is 11.8. The van der Waals surface area contributed by atoms with Crippen molar-refractivity contribution in [3.63, 3.8) is 0 Å². The number of carbonyl (C=O) groups excluding carboxylic acids is 1. The first kappa shape index (κ1) is 29.7. The molecule has 2 N–H and O–H groups in total. The van der Waals surface area contributed by atoms with E-state index in [1.54, 1.807) is 13.0 Å². The van der Waals surface area contributed by atoms with Crippen LogP contribution in [-0.4, -0.2) is 64.7 Å². The lowest BCUT2D eigenvalue weighted by Gasteiger charge is -2.50. The standard InChI is InChI=1S/C33H48O7/c1-19(2)29-22(5)12-13-32(40-29)17-26-16-25(39-32)11-10-21(4)14-20(3)8-7-9-24-18-37-30-28(34)23(6)15-27(31(35)38-26)33(24,30)36/h7-10,15,19-20,22,25-30,34,36H,11-14,16-18H2,1-6H3/b8-7+,21-10+,24-9+. The van der Waals surface area contributed by atoms with Gasteiger partial charge in [0.2, 0.25) is 0 Å². The average molecular weight is 557 g/mol. The minimum atomic E-state index is -1.68. The largest absolute Gasteiger partial charge is 0.462 e. The van der Waals surface area contributed by atoms with Gasteiger partial charge in [-0.25, -0.2) is 0 Å². The molecule has 7 nitrogen and oxygen atoms in total. The van der Waals surface area contributed by atoms with Crippen LogP contribution in [0.1, 0.15) is 80.1 Å². The molecule has 0 aromatic carbocycles. The van der Waals surface area contributed by atoms with Crippen LogP contribution in [0.15, 0.2) is 47.1 Å². The SMILES string of the molecule is CC1=CC2C(=O)OC3CC(C/C=C(\C)CC(C)/C=C/C=C4\COC(C1O)C42O)OC1(CCC(C)C(C(C)C)O1)C3. The quantitative estimate of drug-likeness (QED) is 0.340. The molecule has 10 unspecified atom stereocenters. The summed E-state index contributed by atoms with van der Waals surface area (Å²) in [5.41, 5.74) is 0.780. The fraction of sp³-hybridized carbons (Fsp3) is 0.727. The normalized spacial score (nSPS) is 47.9. The maximum absolute atomic E-state index is 13.9. The summed E-state index contributed by atoms with van der Waals surface area (Å²) in [4.78, 5) is 13.9. The Hall–Kier alpha value is -1.77. The van der Waals surface area contributed by atoms with Gasteiger partial charge in [-0.3, -0.25) is 4.79 Å². The van der Waals surface area contributed by atoms with E-state index < -0.39 is 41.6 Å². The van der Waals surface area contributed by atoms with Gasteiger partial charge in [0.25, 0.3) is 0 Å². The summed E-state index contributed by atoms with van der Waals surface area (Å²) in [7, 11) is 0. The summed E-state index contributed by atoms with van der Waals surface area (Å²) in [5.74, 6) is -1.22. The van der Waals surface area contributed by atoms with Crippen molar-refractivity contribution in [1.29, 1.82) is 0 Å².